The normalized spacial score (nSPS) is 17.2. The van der Waals surface area contributed by atoms with Crippen molar-refractivity contribution in [2.75, 3.05) is 31.2 Å². The maximum atomic E-state index is 13.6. The van der Waals surface area contributed by atoms with Crippen molar-refractivity contribution in [3.63, 3.8) is 0 Å². The second-order valence-corrected chi connectivity index (χ2v) is 4.38. The van der Waals surface area contributed by atoms with Gasteiger partial charge in [0.05, 0.1) is 6.61 Å². The van der Waals surface area contributed by atoms with E-state index in [1.54, 1.807) is 6.07 Å². The van der Waals surface area contributed by atoms with E-state index in [1.165, 1.54) is 6.07 Å². The van der Waals surface area contributed by atoms with Crippen LogP contribution in [0.3, 0.4) is 0 Å². The average molecular weight is 288 g/mol. The molecule has 88 valence electrons. The van der Waals surface area contributed by atoms with Crippen molar-refractivity contribution in [2.24, 2.45) is 0 Å². The first-order valence-electron chi connectivity index (χ1n) is 5.49. The van der Waals surface area contributed by atoms with Gasteiger partial charge in [0.25, 0.3) is 0 Å². The van der Waals surface area contributed by atoms with Crippen molar-refractivity contribution in [3.8, 4) is 0 Å². The highest BCUT2D eigenvalue weighted by atomic mass is 79.9. The molecule has 0 unspecified atom stereocenters. The number of halogens is 2. The lowest BCUT2D eigenvalue weighted by atomic mass is 10.1. The van der Waals surface area contributed by atoms with Gasteiger partial charge in [0, 0.05) is 36.3 Å². The molecule has 0 aromatic heterocycles. The first kappa shape index (κ1) is 11.9. The third-order valence-corrected chi connectivity index (χ3v) is 3.35. The third kappa shape index (κ3) is 2.55. The van der Waals surface area contributed by atoms with Gasteiger partial charge >= 0.3 is 0 Å². The molecule has 1 fully saturated rings. The van der Waals surface area contributed by atoms with E-state index in [0.717, 1.165) is 44.0 Å². The van der Waals surface area contributed by atoms with Gasteiger partial charge in [-0.25, -0.2) is 4.39 Å². The van der Waals surface area contributed by atoms with E-state index in [9.17, 15) is 4.39 Å². The number of hydrogen-bond acceptors (Lipinski definition) is 2. The smallest absolute Gasteiger partial charge is 0.129 e. The topological polar surface area (TPSA) is 12.5 Å². The molecule has 1 aromatic rings. The highest BCUT2D eigenvalue weighted by Crippen LogP contribution is 2.26. The second-order valence-electron chi connectivity index (χ2n) is 3.82. The Bertz CT molecular complexity index is 351. The minimum atomic E-state index is -0.139. The fourth-order valence-electron chi connectivity index (χ4n) is 1.96. The van der Waals surface area contributed by atoms with Crippen LogP contribution in [0.1, 0.15) is 12.0 Å². The fourth-order valence-corrected chi connectivity index (χ4v) is 2.52. The van der Waals surface area contributed by atoms with Gasteiger partial charge < -0.3 is 9.64 Å². The van der Waals surface area contributed by atoms with Crippen LogP contribution in [0.25, 0.3) is 0 Å². The van der Waals surface area contributed by atoms with Crippen molar-refractivity contribution < 1.29 is 9.13 Å². The molecule has 1 saturated heterocycles. The van der Waals surface area contributed by atoms with Gasteiger partial charge in [0.2, 0.25) is 0 Å². The van der Waals surface area contributed by atoms with Crippen molar-refractivity contribution >= 4 is 21.6 Å². The first-order chi connectivity index (χ1) is 7.83. The lowest BCUT2D eigenvalue weighted by molar-refractivity contribution is 0.152. The molecule has 1 heterocycles. The van der Waals surface area contributed by atoms with Crippen molar-refractivity contribution in [1.29, 1.82) is 0 Å². The van der Waals surface area contributed by atoms with Crippen LogP contribution in [0.15, 0.2) is 18.2 Å². The molecule has 16 heavy (non-hydrogen) atoms. The van der Waals surface area contributed by atoms with Crippen molar-refractivity contribution in [1.82, 2.24) is 0 Å². The largest absolute Gasteiger partial charge is 0.380 e. The number of anilines is 1. The van der Waals surface area contributed by atoms with Gasteiger partial charge in [-0.05, 0) is 18.6 Å². The molecule has 1 aliphatic rings. The highest BCUT2D eigenvalue weighted by Gasteiger charge is 2.15. The summed E-state index contributed by atoms with van der Waals surface area (Å²) in [5.74, 6) is -0.139. The van der Waals surface area contributed by atoms with Crippen LogP contribution >= 0.6 is 15.9 Å². The van der Waals surface area contributed by atoms with E-state index >= 15 is 0 Å². The van der Waals surface area contributed by atoms with Crippen LogP contribution in [0.4, 0.5) is 10.1 Å². The number of benzene rings is 1. The number of ether oxygens (including phenoxy) is 1. The molecule has 4 heteroatoms. The molecule has 0 spiro atoms. The Kier molecular flexibility index (Phi) is 4.18. The summed E-state index contributed by atoms with van der Waals surface area (Å²) >= 11 is 3.35. The van der Waals surface area contributed by atoms with E-state index in [0.29, 0.717) is 5.33 Å². The molecule has 0 N–H and O–H groups in total. The van der Waals surface area contributed by atoms with Crippen molar-refractivity contribution in [3.05, 3.63) is 29.6 Å². The number of rotatable bonds is 2. The lowest BCUT2D eigenvalue weighted by Crippen LogP contribution is -2.27. The molecule has 2 nitrogen and oxygen atoms in total. The molecular formula is C12H15BrFNO. The van der Waals surface area contributed by atoms with Gasteiger partial charge in [-0.1, -0.05) is 22.0 Å². The Balaban J connectivity index is 2.27. The van der Waals surface area contributed by atoms with Crippen LogP contribution in [-0.2, 0) is 10.1 Å². The summed E-state index contributed by atoms with van der Waals surface area (Å²) in [5, 5.41) is 0.548. The molecule has 0 radical (unpaired) electrons. The molecule has 0 bridgehead atoms. The van der Waals surface area contributed by atoms with E-state index < -0.39 is 0 Å². The molecule has 0 amide bonds. The summed E-state index contributed by atoms with van der Waals surface area (Å²) in [6.45, 7) is 3.29. The van der Waals surface area contributed by atoms with Gasteiger partial charge in [0.15, 0.2) is 0 Å². The monoisotopic (exact) mass is 287 g/mol. The SMILES string of the molecule is Fc1cccc(N2CCCOCC2)c1CBr. The Hall–Kier alpha value is -0.610. The van der Waals surface area contributed by atoms with E-state index in [1.807, 2.05) is 6.07 Å². The second kappa shape index (κ2) is 5.64. The Morgan fingerprint density at radius 1 is 1.31 bits per heavy atom. The summed E-state index contributed by atoms with van der Waals surface area (Å²) in [6, 6.07) is 5.25. The Morgan fingerprint density at radius 2 is 2.19 bits per heavy atom. The maximum absolute atomic E-state index is 13.6. The number of alkyl halides is 1. The van der Waals surface area contributed by atoms with E-state index in [4.69, 9.17) is 4.74 Å². The molecular weight excluding hydrogens is 273 g/mol. The first-order valence-corrected chi connectivity index (χ1v) is 6.61. The summed E-state index contributed by atoms with van der Waals surface area (Å²) in [7, 11) is 0. The Labute approximate surface area is 104 Å². The molecule has 0 saturated carbocycles. The maximum Gasteiger partial charge on any atom is 0.129 e. The summed E-state index contributed by atoms with van der Waals surface area (Å²) in [6.07, 6.45) is 0.998. The van der Waals surface area contributed by atoms with Crippen LogP contribution < -0.4 is 4.90 Å². The summed E-state index contributed by atoms with van der Waals surface area (Å²) in [4.78, 5) is 2.20. The summed E-state index contributed by atoms with van der Waals surface area (Å²) < 4.78 is 19.0. The van der Waals surface area contributed by atoms with Gasteiger partial charge in [-0.15, -0.1) is 0 Å². The Morgan fingerprint density at radius 3 is 3.00 bits per heavy atom. The predicted molar refractivity (Wildman–Crippen MR) is 66.7 cm³/mol. The standard InChI is InChI=1S/C12H15BrFNO/c13-9-10-11(14)3-1-4-12(10)15-5-2-7-16-8-6-15/h1,3-4H,2,5-9H2. The average Bonchev–Trinajstić information content (AvgIpc) is 2.57. The highest BCUT2D eigenvalue weighted by molar-refractivity contribution is 9.08. The minimum Gasteiger partial charge on any atom is -0.380 e. The summed E-state index contributed by atoms with van der Waals surface area (Å²) in [5.41, 5.74) is 1.73. The zero-order valence-electron chi connectivity index (χ0n) is 9.09. The van der Waals surface area contributed by atoms with Crippen LogP contribution in [0, 0.1) is 5.82 Å². The third-order valence-electron chi connectivity index (χ3n) is 2.79. The minimum absolute atomic E-state index is 0.139. The van der Waals surface area contributed by atoms with Gasteiger partial charge in [-0.2, -0.15) is 0 Å². The number of hydrogen-bond donors (Lipinski definition) is 0. The molecule has 0 aliphatic carbocycles. The van der Waals surface area contributed by atoms with Crippen LogP contribution in [-0.4, -0.2) is 26.3 Å². The van der Waals surface area contributed by atoms with Crippen LogP contribution in [0.2, 0.25) is 0 Å². The quantitative estimate of drug-likeness (QED) is 0.776. The number of nitrogens with zero attached hydrogens (tertiary/aromatic N) is 1. The molecule has 0 atom stereocenters. The molecule has 1 aromatic carbocycles. The van der Waals surface area contributed by atoms with Gasteiger partial charge in [-0.3, -0.25) is 0 Å². The van der Waals surface area contributed by atoms with E-state index in [-0.39, 0.29) is 5.82 Å². The van der Waals surface area contributed by atoms with Crippen molar-refractivity contribution in [2.45, 2.75) is 11.8 Å². The van der Waals surface area contributed by atoms with Gasteiger partial charge in [0.1, 0.15) is 5.82 Å². The predicted octanol–water partition coefficient (Wildman–Crippen LogP) is 2.95. The van der Waals surface area contributed by atoms with Crippen LogP contribution in [0.5, 0.6) is 0 Å². The molecule has 1 aliphatic heterocycles. The van der Waals surface area contributed by atoms with E-state index in [2.05, 4.69) is 20.8 Å². The fraction of sp³-hybridized carbons (Fsp3) is 0.500. The zero-order valence-corrected chi connectivity index (χ0v) is 10.7. The molecule has 2 rings (SSSR count). The lowest BCUT2D eigenvalue weighted by Gasteiger charge is -2.24. The zero-order chi connectivity index (χ0) is 11.4.